The normalized spacial score (nSPS) is 43.8. The molecule has 2 saturated carbocycles. The average molecular weight is 444 g/mol. The SMILES string of the molecule is C[C@H](CCC(N)=[N+](C)C)C1CC[C@@]2(C)C3=C(CC[C@]12C)[C@@]1(C)CC[C@H](O)C(C)(C)C1CC3. The first-order valence-corrected chi connectivity index (χ1v) is 13.5. The van der Waals surface area contributed by atoms with E-state index in [9.17, 15) is 5.11 Å². The van der Waals surface area contributed by atoms with Crippen molar-refractivity contribution in [1.29, 1.82) is 0 Å². The zero-order valence-corrected chi connectivity index (χ0v) is 22.4. The topological polar surface area (TPSA) is 49.3 Å². The van der Waals surface area contributed by atoms with Gasteiger partial charge in [0.1, 0.15) is 0 Å². The molecule has 3 N–H and O–H groups in total. The summed E-state index contributed by atoms with van der Waals surface area (Å²) in [6.07, 6.45) is 12.1. The fraction of sp³-hybridized carbons (Fsp3) is 0.897. The van der Waals surface area contributed by atoms with E-state index in [1.54, 1.807) is 0 Å². The van der Waals surface area contributed by atoms with Gasteiger partial charge in [-0.05, 0) is 97.2 Å². The van der Waals surface area contributed by atoms with Crippen LogP contribution >= 0.6 is 0 Å². The molecule has 0 heterocycles. The summed E-state index contributed by atoms with van der Waals surface area (Å²) in [5.41, 5.74) is 11.0. The Morgan fingerprint density at radius 2 is 1.69 bits per heavy atom. The first-order chi connectivity index (χ1) is 14.8. The standard InChI is InChI=1S/C29H50N2O/c1-19(9-12-25(30)31(7)8)20-13-17-29(6)22-10-11-23-26(2,3)24(32)15-16-27(23,4)21(22)14-18-28(20,29)5/h19-20,23-24,30,32H,9-18H2,1-8H3/p+1/t19-,20?,23?,24+,27-,28-,29+/m1/s1. The second kappa shape index (κ2) is 7.85. The van der Waals surface area contributed by atoms with Gasteiger partial charge in [0.25, 0.3) is 0 Å². The van der Waals surface area contributed by atoms with Crippen LogP contribution in [0.5, 0.6) is 0 Å². The Morgan fingerprint density at radius 1 is 1.00 bits per heavy atom. The Balaban J connectivity index is 1.64. The third-order valence-corrected chi connectivity index (χ3v) is 11.9. The van der Waals surface area contributed by atoms with E-state index in [4.69, 9.17) is 5.73 Å². The molecule has 0 aromatic carbocycles. The highest BCUT2D eigenvalue weighted by atomic mass is 16.3. The molecule has 4 rings (SSSR count). The van der Waals surface area contributed by atoms with Crippen LogP contribution in [0.2, 0.25) is 0 Å². The maximum atomic E-state index is 10.8. The lowest BCUT2D eigenvalue weighted by Gasteiger charge is -2.62. The van der Waals surface area contributed by atoms with Crippen LogP contribution in [0.1, 0.15) is 106 Å². The highest BCUT2D eigenvalue weighted by Gasteiger charge is 2.63. The van der Waals surface area contributed by atoms with E-state index in [0.29, 0.717) is 22.2 Å². The van der Waals surface area contributed by atoms with Crippen molar-refractivity contribution in [2.75, 3.05) is 14.1 Å². The van der Waals surface area contributed by atoms with E-state index in [1.807, 2.05) is 11.1 Å². The summed E-state index contributed by atoms with van der Waals surface area (Å²) in [5.74, 6) is 3.15. The van der Waals surface area contributed by atoms with Gasteiger partial charge in [-0.2, -0.15) is 0 Å². The molecule has 32 heavy (non-hydrogen) atoms. The molecule has 7 atom stereocenters. The molecule has 0 bridgehead atoms. The molecule has 0 amide bonds. The van der Waals surface area contributed by atoms with Gasteiger partial charge in [-0.3, -0.25) is 10.3 Å². The number of hydrogen-bond donors (Lipinski definition) is 2. The molecule has 182 valence electrons. The van der Waals surface area contributed by atoms with Crippen molar-refractivity contribution in [2.45, 2.75) is 112 Å². The number of nitrogens with two attached hydrogens (primary N) is 1. The second-order valence-electron chi connectivity index (χ2n) is 13.6. The fourth-order valence-electron chi connectivity index (χ4n) is 9.43. The molecule has 0 radical (unpaired) electrons. The second-order valence-corrected chi connectivity index (χ2v) is 13.6. The number of rotatable bonds is 4. The summed E-state index contributed by atoms with van der Waals surface area (Å²) in [4.78, 5) is 0. The molecule has 0 saturated heterocycles. The van der Waals surface area contributed by atoms with Crippen LogP contribution in [0.25, 0.3) is 0 Å². The number of hydrogen-bond acceptors (Lipinski definition) is 1. The van der Waals surface area contributed by atoms with Gasteiger partial charge in [0.2, 0.25) is 5.84 Å². The number of amidine groups is 1. The number of allylic oxidation sites excluding steroid dienone is 2. The summed E-state index contributed by atoms with van der Waals surface area (Å²) in [6, 6.07) is 0. The van der Waals surface area contributed by atoms with Crippen molar-refractivity contribution < 1.29 is 9.68 Å². The number of nitrogens with zero attached hydrogens (tertiary/aromatic N) is 1. The highest BCUT2D eigenvalue weighted by Crippen LogP contribution is 2.72. The number of aliphatic hydroxyl groups is 1. The Morgan fingerprint density at radius 3 is 2.34 bits per heavy atom. The summed E-state index contributed by atoms with van der Waals surface area (Å²) >= 11 is 0. The minimum atomic E-state index is -0.143. The first-order valence-electron chi connectivity index (χ1n) is 13.5. The van der Waals surface area contributed by atoms with Gasteiger partial charge in [-0.15, -0.1) is 0 Å². The van der Waals surface area contributed by atoms with Crippen LogP contribution in [0.15, 0.2) is 11.1 Å². The third kappa shape index (κ3) is 3.27. The van der Waals surface area contributed by atoms with Crippen molar-refractivity contribution in [3.8, 4) is 0 Å². The molecule has 4 aliphatic carbocycles. The fourth-order valence-corrected chi connectivity index (χ4v) is 9.43. The summed E-state index contributed by atoms with van der Waals surface area (Å²) in [7, 11) is 4.12. The summed E-state index contributed by atoms with van der Waals surface area (Å²) in [6.45, 7) is 15.0. The van der Waals surface area contributed by atoms with Crippen molar-refractivity contribution >= 4 is 5.84 Å². The molecule has 0 spiro atoms. The largest absolute Gasteiger partial charge is 0.393 e. The Hall–Kier alpha value is -0.830. The zero-order valence-electron chi connectivity index (χ0n) is 22.4. The van der Waals surface area contributed by atoms with Crippen LogP contribution in [0.3, 0.4) is 0 Å². The number of fused-ring (bicyclic) bond motifs is 4. The molecule has 0 aromatic heterocycles. The summed E-state index contributed by atoms with van der Waals surface area (Å²) < 4.78 is 2.08. The third-order valence-electron chi connectivity index (χ3n) is 11.9. The lowest BCUT2D eigenvalue weighted by Crippen LogP contribution is -2.55. The van der Waals surface area contributed by atoms with E-state index < -0.39 is 0 Å². The van der Waals surface area contributed by atoms with E-state index in [2.05, 4.69) is 60.2 Å². The van der Waals surface area contributed by atoms with Crippen molar-refractivity contribution in [3.05, 3.63) is 11.1 Å². The van der Waals surface area contributed by atoms with Gasteiger partial charge in [0.05, 0.1) is 20.2 Å². The van der Waals surface area contributed by atoms with Crippen molar-refractivity contribution in [2.24, 2.45) is 45.1 Å². The van der Waals surface area contributed by atoms with Crippen LogP contribution in [0.4, 0.5) is 0 Å². The Bertz CT molecular complexity index is 821. The zero-order chi connectivity index (χ0) is 23.7. The van der Waals surface area contributed by atoms with Crippen molar-refractivity contribution in [3.63, 3.8) is 0 Å². The Kier molecular flexibility index (Phi) is 5.96. The van der Waals surface area contributed by atoms with Gasteiger partial charge < -0.3 is 5.11 Å². The lowest BCUT2D eigenvalue weighted by molar-refractivity contribution is -0.466. The molecule has 4 aliphatic rings. The highest BCUT2D eigenvalue weighted by molar-refractivity contribution is 5.75. The molecule has 0 aromatic rings. The number of aliphatic hydroxyl groups excluding tert-OH is 1. The van der Waals surface area contributed by atoms with Crippen LogP contribution in [-0.4, -0.2) is 35.7 Å². The van der Waals surface area contributed by atoms with E-state index in [-0.39, 0.29) is 11.5 Å². The lowest BCUT2D eigenvalue weighted by atomic mass is 9.43. The molecule has 3 nitrogen and oxygen atoms in total. The molecular weight excluding hydrogens is 392 g/mol. The van der Waals surface area contributed by atoms with E-state index >= 15 is 0 Å². The predicted octanol–water partition coefficient (Wildman–Crippen LogP) is 6.14. The average Bonchev–Trinajstić information content (AvgIpc) is 3.00. The first kappa shape index (κ1) is 24.3. The van der Waals surface area contributed by atoms with E-state index in [1.165, 1.54) is 51.4 Å². The van der Waals surface area contributed by atoms with E-state index in [0.717, 1.165) is 30.5 Å². The minimum absolute atomic E-state index is 0.0305. The van der Waals surface area contributed by atoms with Crippen LogP contribution < -0.4 is 5.73 Å². The van der Waals surface area contributed by atoms with Crippen LogP contribution in [0, 0.1) is 39.4 Å². The molecule has 2 fully saturated rings. The maximum absolute atomic E-state index is 10.8. The Labute approximate surface area is 197 Å². The van der Waals surface area contributed by atoms with Gasteiger partial charge in [0, 0.05) is 6.42 Å². The van der Waals surface area contributed by atoms with Gasteiger partial charge in [0.15, 0.2) is 0 Å². The maximum Gasteiger partial charge on any atom is 0.242 e. The minimum Gasteiger partial charge on any atom is -0.393 e. The van der Waals surface area contributed by atoms with Gasteiger partial charge in [-0.25, -0.2) is 0 Å². The quantitative estimate of drug-likeness (QED) is 0.237. The molecular formula is C29H51N2O+. The van der Waals surface area contributed by atoms with Crippen molar-refractivity contribution in [1.82, 2.24) is 0 Å². The molecule has 3 heteroatoms. The molecule has 2 unspecified atom stereocenters. The van der Waals surface area contributed by atoms with Gasteiger partial charge >= 0.3 is 0 Å². The van der Waals surface area contributed by atoms with Crippen LogP contribution in [-0.2, 0) is 0 Å². The summed E-state index contributed by atoms with van der Waals surface area (Å²) in [5, 5.41) is 10.8. The molecule has 0 aliphatic heterocycles. The smallest absolute Gasteiger partial charge is 0.242 e. The monoisotopic (exact) mass is 443 g/mol. The predicted molar refractivity (Wildman–Crippen MR) is 135 cm³/mol. The van der Waals surface area contributed by atoms with Gasteiger partial charge in [-0.1, -0.05) is 52.7 Å².